The summed E-state index contributed by atoms with van der Waals surface area (Å²) < 4.78 is 0. The van der Waals surface area contributed by atoms with E-state index in [1.54, 1.807) is 11.8 Å². The van der Waals surface area contributed by atoms with Gasteiger partial charge >= 0.3 is 0 Å². The summed E-state index contributed by atoms with van der Waals surface area (Å²) in [6, 6.07) is 7.79. The Morgan fingerprint density at radius 2 is 1.87 bits per heavy atom. The predicted molar refractivity (Wildman–Crippen MR) is 65.4 cm³/mol. The molecule has 1 aromatic carbocycles. The van der Waals surface area contributed by atoms with Crippen LogP contribution in [0.2, 0.25) is 0 Å². The fourth-order valence-electron chi connectivity index (χ4n) is 1.63. The fourth-order valence-corrected chi connectivity index (χ4v) is 2.54. The van der Waals surface area contributed by atoms with E-state index >= 15 is 0 Å². The van der Waals surface area contributed by atoms with Crippen molar-refractivity contribution in [1.29, 1.82) is 0 Å². The molecule has 0 aliphatic carbocycles. The lowest BCUT2D eigenvalue weighted by molar-refractivity contribution is 1.45. The minimum absolute atomic E-state index is 0.573. The summed E-state index contributed by atoms with van der Waals surface area (Å²) in [5.74, 6) is 1.51. The lowest BCUT2D eigenvalue weighted by Crippen LogP contribution is -2.16. The first kappa shape index (κ1) is 8.73. The zero-order valence-electron chi connectivity index (χ0n) is 7.97. The number of fused-ring (bicyclic) bond motifs is 2. The van der Waals surface area contributed by atoms with Gasteiger partial charge in [0.1, 0.15) is 10.9 Å². The molecule has 0 aromatic heterocycles. The fraction of sp³-hybridized carbons (Fsp3) is 0.0909. The molecular formula is C11H9N3S. The standard InChI is InChI=1S/C11H9N3S/c12-10-7-5-6-15-11(7)14-9-4-2-1-3-8(9)13-10/h1-5H,6H2,(H2,12,13). The van der Waals surface area contributed by atoms with Crippen molar-refractivity contribution in [2.75, 3.05) is 5.75 Å². The van der Waals surface area contributed by atoms with Crippen molar-refractivity contribution in [3.05, 3.63) is 35.9 Å². The van der Waals surface area contributed by atoms with Crippen LogP contribution in [0.3, 0.4) is 0 Å². The average molecular weight is 215 g/mol. The Labute approximate surface area is 91.8 Å². The number of para-hydroxylation sites is 2. The first-order chi connectivity index (χ1) is 7.34. The van der Waals surface area contributed by atoms with Crippen LogP contribution in [-0.2, 0) is 0 Å². The van der Waals surface area contributed by atoms with E-state index < -0.39 is 0 Å². The summed E-state index contributed by atoms with van der Waals surface area (Å²) >= 11 is 1.70. The molecule has 0 radical (unpaired) electrons. The molecule has 2 aliphatic rings. The molecule has 0 amide bonds. The number of benzene rings is 1. The molecule has 3 rings (SSSR count). The molecule has 0 saturated carbocycles. The van der Waals surface area contributed by atoms with Gasteiger partial charge in [-0.25, -0.2) is 9.98 Å². The molecule has 0 bridgehead atoms. The van der Waals surface area contributed by atoms with Gasteiger partial charge in [0, 0.05) is 11.3 Å². The Hall–Kier alpha value is -1.55. The van der Waals surface area contributed by atoms with Gasteiger partial charge in [-0.3, -0.25) is 0 Å². The van der Waals surface area contributed by atoms with Gasteiger partial charge in [-0.2, -0.15) is 0 Å². The number of rotatable bonds is 0. The lowest BCUT2D eigenvalue weighted by Gasteiger charge is -1.98. The second-order valence-corrected chi connectivity index (χ2v) is 4.34. The Kier molecular flexibility index (Phi) is 1.89. The number of hydrogen-bond donors (Lipinski definition) is 1. The van der Waals surface area contributed by atoms with E-state index in [0.29, 0.717) is 5.84 Å². The van der Waals surface area contributed by atoms with Crippen molar-refractivity contribution in [1.82, 2.24) is 0 Å². The van der Waals surface area contributed by atoms with Gasteiger partial charge in [-0.1, -0.05) is 18.2 Å². The third kappa shape index (κ3) is 1.37. The van der Waals surface area contributed by atoms with Gasteiger partial charge in [-0.15, -0.1) is 11.8 Å². The summed E-state index contributed by atoms with van der Waals surface area (Å²) in [7, 11) is 0. The number of thioether (sulfide) groups is 1. The number of amidine groups is 1. The van der Waals surface area contributed by atoms with Gasteiger partial charge in [0.25, 0.3) is 0 Å². The van der Waals surface area contributed by atoms with Crippen LogP contribution in [0, 0.1) is 0 Å². The van der Waals surface area contributed by atoms with Crippen molar-refractivity contribution in [3.63, 3.8) is 0 Å². The second-order valence-electron chi connectivity index (χ2n) is 3.33. The van der Waals surface area contributed by atoms with E-state index in [0.717, 1.165) is 27.7 Å². The van der Waals surface area contributed by atoms with Gasteiger partial charge < -0.3 is 5.73 Å². The third-order valence-electron chi connectivity index (χ3n) is 2.36. The van der Waals surface area contributed by atoms with Crippen LogP contribution < -0.4 is 5.73 Å². The largest absolute Gasteiger partial charge is 0.383 e. The third-order valence-corrected chi connectivity index (χ3v) is 3.28. The van der Waals surface area contributed by atoms with Crippen molar-refractivity contribution >= 4 is 34.0 Å². The Bertz CT molecular complexity index is 514. The highest BCUT2D eigenvalue weighted by molar-refractivity contribution is 8.15. The van der Waals surface area contributed by atoms with Crippen LogP contribution in [-0.4, -0.2) is 16.6 Å². The molecule has 2 aliphatic heterocycles. The van der Waals surface area contributed by atoms with Crippen molar-refractivity contribution in [2.24, 2.45) is 15.7 Å². The molecule has 2 heterocycles. The molecule has 0 spiro atoms. The van der Waals surface area contributed by atoms with Crippen LogP contribution in [0.25, 0.3) is 0 Å². The highest BCUT2D eigenvalue weighted by Gasteiger charge is 2.20. The summed E-state index contributed by atoms with van der Waals surface area (Å²) in [6.07, 6.45) is 2.08. The number of nitrogens with two attached hydrogens (primary N) is 1. The zero-order chi connectivity index (χ0) is 10.3. The van der Waals surface area contributed by atoms with Crippen molar-refractivity contribution in [2.45, 2.75) is 0 Å². The summed E-state index contributed by atoms with van der Waals surface area (Å²) in [6.45, 7) is 0. The van der Waals surface area contributed by atoms with E-state index in [-0.39, 0.29) is 0 Å². The van der Waals surface area contributed by atoms with Crippen LogP contribution in [0.4, 0.5) is 11.4 Å². The van der Waals surface area contributed by atoms with Crippen LogP contribution in [0.15, 0.2) is 45.9 Å². The van der Waals surface area contributed by atoms with Crippen LogP contribution >= 0.6 is 11.8 Å². The minimum Gasteiger partial charge on any atom is -0.383 e. The first-order valence-corrected chi connectivity index (χ1v) is 5.69. The van der Waals surface area contributed by atoms with E-state index in [2.05, 4.69) is 16.1 Å². The van der Waals surface area contributed by atoms with E-state index in [1.165, 1.54) is 0 Å². The molecule has 15 heavy (non-hydrogen) atoms. The van der Waals surface area contributed by atoms with Gasteiger partial charge in [-0.05, 0) is 12.1 Å². The average Bonchev–Trinajstić information content (AvgIpc) is 2.64. The van der Waals surface area contributed by atoms with Crippen molar-refractivity contribution in [3.8, 4) is 0 Å². The Balaban J connectivity index is 2.26. The molecule has 74 valence electrons. The van der Waals surface area contributed by atoms with Crippen LogP contribution in [0.5, 0.6) is 0 Å². The summed E-state index contributed by atoms with van der Waals surface area (Å²) in [4.78, 5) is 8.95. The summed E-state index contributed by atoms with van der Waals surface area (Å²) in [5.41, 5.74) is 8.65. The smallest absolute Gasteiger partial charge is 0.133 e. The molecule has 0 fully saturated rings. The van der Waals surface area contributed by atoms with Crippen molar-refractivity contribution < 1.29 is 0 Å². The number of nitrogens with zero attached hydrogens (tertiary/aromatic N) is 2. The van der Waals surface area contributed by atoms with Gasteiger partial charge in [0.05, 0.1) is 11.4 Å². The molecule has 1 aromatic rings. The van der Waals surface area contributed by atoms with E-state index in [9.17, 15) is 0 Å². The Morgan fingerprint density at radius 1 is 1.13 bits per heavy atom. The highest BCUT2D eigenvalue weighted by Crippen LogP contribution is 2.34. The number of hydrogen-bond acceptors (Lipinski definition) is 4. The normalized spacial score (nSPS) is 18.3. The topological polar surface area (TPSA) is 50.7 Å². The SMILES string of the molecule is NC1=Nc2ccccc2N=C2SCC=C12. The second kappa shape index (κ2) is 3.24. The minimum atomic E-state index is 0.573. The van der Waals surface area contributed by atoms with E-state index in [4.69, 9.17) is 5.73 Å². The monoisotopic (exact) mass is 215 g/mol. The van der Waals surface area contributed by atoms with E-state index in [1.807, 2.05) is 24.3 Å². The quantitative estimate of drug-likeness (QED) is 0.722. The molecule has 0 atom stereocenters. The molecule has 4 heteroatoms. The molecule has 0 unspecified atom stereocenters. The van der Waals surface area contributed by atoms with Gasteiger partial charge in [0.2, 0.25) is 0 Å². The predicted octanol–water partition coefficient (Wildman–Crippen LogP) is 2.39. The number of aliphatic imine (C=N–C) groups is 2. The lowest BCUT2D eigenvalue weighted by atomic mass is 10.2. The maximum Gasteiger partial charge on any atom is 0.133 e. The Morgan fingerprint density at radius 3 is 2.67 bits per heavy atom. The maximum atomic E-state index is 5.92. The maximum absolute atomic E-state index is 5.92. The zero-order valence-corrected chi connectivity index (χ0v) is 8.79. The first-order valence-electron chi connectivity index (χ1n) is 4.70. The van der Waals surface area contributed by atoms with Gasteiger partial charge in [0.15, 0.2) is 0 Å². The molecule has 2 N–H and O–H groups in total. The molecule has 0 saturated heterocycles. The molecular weight excluding hydrogens is 206 g/mol. The van der Waals surface area contributed by atoms with Crippen LogP contribution in [0.1, 0.15) is 0 Å². The highest BCUT2D eigenvalue weighted by atomic mass is 32.2. The summed E-state index contributed by atoms with van der Waals surface area (Å²) in [5, 5.41) is 0.987. The molecule has 3 nitrogen and oxygen atoms in total.